The van der Waals surface area contributed by atoms with Gasteiger partial charge in [-0.05, 0) is 67.6 Å². The molecule has 0 N–H and O–H groups in total. The summed E-state index contributed by atoms with van der Waals surface area (Å²) >= 11 is 0. The second-order valence-electron chi connectivity index (χ2n) is 15.0. The van der Waals surface area contributed by atoms with Crippen molar-refractivity contribution in [3.63, 3.8) is 0 Å². The number of rotatable bonds is 8. The standard InChI is InChI=1S/C33H34F3N9O/c1-14(2)45-10-18(33(34,35)36)41-30(45)32-23-20-24(32)22-25(32)21(23)31(20,22)11-43(3)28-16-9-44(12-37)8-7-17(16)40-27(42-28)19-26(15-5-6-15)38-13-39-29(19)46-4/h10,13-15,20-25H,5-9,11H2,1-4H3. The number of alkyl halides is 3. The van der Waals surface area contributed by atoms with Crippen LogP contribution in [-0.4, -0.2) is 61.6 Å². The lowest BCUT2D eigenvalue weighted by Gasteiger charge is -3.11. The van der Waals surface area contributed by atoms with Crippen molar-refractivity contribution in [3.05, 3.63) is 41.0 Å². The van der Waals surface area contributed by atoms with Gasteiger partial charge >= 0.3 is 6.18 Å². The molecule has 0 amide bonds. The number of halogens is 3. The fourth-order valence-electron chi connectivity index (χ4n) is 11.6. The maximum atomic E-state index is 13.7. The minimum Gasteiger partial charge on any atom is -0.480 e. The van der Waals surface area contributed by atoms with Gasteiger partial charge < -0.3 is 19.1 Å². The Hall–Kier alpha value is -3.95. The van der Waals surface area contributed by atoms with Crippen LogP contribution in [-0.2, 0) is 24.6 Å². The number of hydrogen-bond donors (Lipinski definition) is 0. The highest BCUT2D eigenvalue weighted by atomic mass is 19.4. The molecule has 0 aromatic carbocycles. The van der Waals surface area contributed by atoms with E-state index in [1.165, 1.54) is 6.20 Å². The molecule has 0 unspecified atom stereocenters. The smallest absolute Gasteiger partial charge is 0.434 e. The van der Waals surface area contributed by atoms with Crippen molar-refractivity contribution in [2.75, 3.05) is 32.1 Å². The van der Waals surface area contributed by atoms with Gasteiger partial charge in [-0.15, -0.1) is 0 Å². The van der Waals surface area contributed by atoms with E-state index in [1.54, 1.807) is 22.9 Å². The Balaban J connectivity index is 0.985. The highest BCUT2D eigenvalue weighted by molar-refractivity contribution is 5.69. The van der Waals surface area contributed by atoms with Crippen molar-refractivity contribution >= 4 is 5.82 Å². The van der Waals surface area contributed by atoms with Crippen LogP contribution in [0.2, 0.25) is 0 Å². The number of hydrogen-bond acceptors (Lipinski definition) is 9. The van der Waals surface area contributed by atoms with Crippen molar-refractivity contribution in [1.29, 1.82) is 5.26 Å². The summed E-state index contributed by atoms with van der Waals surface area (Å²) in [5.74, 6) is 5.76. The Morgan fingerprint density at radius 3 is 2.41 bits per heavy atom. The van der Waals surface area contributed by atoms with E-state index in [2.05, 4.69) is 33.1 Å². The first-order chi connectivity index (χ1) is 22.1. The van der Waals surface area contributed by atoms with E-state index < -0.39 is 11.9 Å². The molecule has 0 bridgehead atoms. The Kier molecular flexibility index (Phi) is 4.91. The molecule has 10 nitrogen and oxygen atoms in total. The van der Waals surface area contributed by atoms with E-state index >= 15 is 0 Å². The summed E-state index contributed by atoms with van der Waals surface area (Å²) in [7, 11) is 3.70. The summed E-state index contributed by atoms with van der Waals surface area (Å²) in [4.78, 5) is 27.6. The molecule has 0 spiro atoms. The minimum absolute atomic E-state index is 0.0699. The predicted octanol–water partition coefficient (Wildman–Crippen LogP) is 4.58. The highest BCUT2D eigenvalue weighted by Gasteiger charge is 3.10. The summed E-state index contributed by atoms with van der Waals surface area (Å²) < 4.78 is 48.6. The molecule has 4 heterocycles. The lowest BCUT2D eigenvalue weighted by molar-refractivity contribution is -0.627. The summed E-state index contributed by atoms with van der Waals surface area (Å²) in [5, 5.41) is 9.74. The first-order valence-corrected chi connectivity index (χ1v) is 16.4. The molecular formula is C33H34F3N9O. The second kappa shape index (κ2) is 8.30. The molecular weight excluding hydrogens is 595 g/mol. The van der Waals surface area contributed by atoms with Gasteiger partial charge in [0.1, 0.15) is 23.5 Å². The van der Waals surface area contributed by atoms with Crippen LogP contribution in [0.1, 0.15) is 67.1 Å². The molecule has 46 heavy (non-hydrogen) atoms. The van der Waals surface area contributed by atoms with Gasteiger partial charge in [0.15, 0.2) is 17.7 Å². The zero-order chi connectivity index (χ0) is 31.7. The maximum Gasteiger partial charge on any atom is 0.434 e. The van der Waals surface area contributed by atoms with Gasteiger partial charge in [0, 0.05) is 55.7 Å². The van der Waals surface area contributed by atoms with E-state index in [9.17, 15) is 18.4 Å². The normalized spacial score (nSPS) is 35.2. The second-order valence-corrected chi connectivity index (χ2v) is 15.0. The van der Waals surface area contributed by atoms with Gasteiger partial charge in [-0.25, -0.2) is 24.9 Å². The minimum atomic E-state index is -4.44. The Labute approximate surface area is 264 Å². The van der Waals surface area contributed by atoms with E-state index in [0.29, 0.717) is 78.5 Å². The van der Waals surface area contributed by atoms with Gasteiger partial charge in [-0.3, -0.25) is 0 Å². The zero-order valence-corrected chi connectivity index (χ0v) is 26.1. The zero-order valence-electron chi connectivity index (χ0n) is 26.1. The van der Waals surface area contributed by atoms with Gasteiger partial charge in [-0.1, -0.05) is 0 Å². The monoisotopic (exact) mass is 629 g/mol. The van der Waals surface area contributed by atoms with Crippen molar-refractivity contribution < 1.29 is 17.9 Å². The number of ether oxygens (including phenoxy) is 1. The molecule has 11 rings (SSSR count). The average Bonchev–Trinajstić information content (AvgIpc) is 3.79. The Morgan fingerprint density at radius 2 is 1.80 bits per heavy atom. The van der Waals surface area contributed by atoms with Crippen molar-refractivity contribution in [3.8, 4) is 23.5 Å². The number of nitrogens with zero attached hydrogens (tertiary/aromatic N) is 9. The van der Waals surface area contributed by atoms with Crippen LogP contribution >= 0.6 is 0 Å². The number of aromatic nitrogens is 6. The quantitative estimate of drug-likeness (QED) is 0.331. The average molecular weight is 630 g/mol. The summed E-state index contributed by atoms with van der Waals surface area (Å²) in [6.07, 6.45) is 3.41. The Morgan fingerprint density at radius 1 is 1.09 bits per heavy atom. The third kappa shape index (κ3) is 2.82. The largest absolute Gasteiger partial charge is 0.480 e. The lowest BCUT2D eigenvalue weighted by Crippen LogP contribution is -3.12. The number of nitriles is 1. The number of fused-ring (bicyclic) bond motifs is 1. The highest BCUT2D eigenvalue weighted by Crippen LogP contribution is 3.09. The number of imidazole rings is 1. The molecule has 7 fully saturated rings. The van der Waals surface area contributed by atoms with E-state index in [4.69, 9.17) is 14.7 Å². The molecule has 7 saturated carbocycles. The molecule has 3 aromatic rings. The van der Waals surface area contributed by atoms with Crippen LogP contribution in [0.4, 0.5) is 19.0 Å². The predicted molar refractivity (Wildman–Crippen MR) is 157 cm³/mol. The molecule has 0 radical (unpaired) electrons. The molecule has 1 aliphatic heterocycles. The molecule has 13 heteroatoms. The molecule has 3 aromatic heterocycles. The van der Waals surface area contributed by atoms with E-state index in [0.717, 1.165) is 47.7 Å². The molecule has 238 valence electrons. The fraction of sp³-hybridized carbons (Fsp3) is 0.636. The van der Waals surface area contributed by atoms with Gasteiger partial charge in [0.05, 0.1) is 25.0 Å². The number of anilines is 1. The molecule has 8 aliphatic rings. The SMILES string of the molecule is COc1ncnc(C2CC2)c1-c1nc2c(c(N(C)CC34C5C6C3C3C4C5C63c3nc(C(F)(F)F)cn3C(C)C)n1)CN(C#N)CC2. The summed E-state index contributed by atoms with van der Waals surface area (Å²) in [6.45, 7) is 5.79. The first kappa shape index (κ1) is 27.2. The Bertz CT molecular complexity index is 1840. The van der Waals surface area contributed by atoms with Crippen LogP contribution in [0, 0.1) is 52.4 Å². The van der Waals surface area contributed by atoms with Crippen LogP contribution < -0.4 is 9.64 Å². The van der Waals surface area contributed by atoms with E-state index in [1.807, 2.05) is 13.8 Å². The first-order valence-electron chi connectivity index (χ1n) is 16.4. The third-order valence-corrected chi connectivity index (χ3v) is 13.1. The molecule has 0 atom stereocenters. The lowest BCUT2D eigenvalue weighted by atomic mass is 8.92. The van der Waals surface area contributed by atoms with Gasteiger partial charge in [-0.2, -0.15) is 18.4 Å². The summed E-state index contributed by atoms with van der Waals surface area (Å²) in [6, 6.07) is -0.0699. The van der Waals surface area contributed by atoms with Crippen LogP contribution in [0.5, 0.6) is 5.88 Å². The van der Waals surface area contributed by atoms with Crippen LogP contribution in [0.3, 0.4) is 0 Å². The van der Waals surface area contributed by atoms with Crippen molar-refractivity contribution in [1.82, 2.24) is 34.4 Å². The fourth-order valence-corrected chi connectivity index (χ4v) is 11.6. The summed E-state index contributed by atoms with van der Waals surface area (Å²) in [5.41, 5.74) is 2.87. The van der Waals surface area contributed by atoms with Gasteiger partial charge in [0.25, 0.3) is 0 Å². The topological polar surface area (TPSA) is 109 Å². The maximum absolute atomic E-state index is 13.7. The van der Waals surface area contributed by atoms with Gasteiger partial charge in [0.2, 0.25) is 5.88 Å². The molecule has 0 saturated heterocycles. The third-order valence-electron chi connectivity index (χ3n) is 13.1. The van der Waals surface area contributed by atoms with Crippen LogP contribution in [0.25, 0.3) is 11.4 Å². The van der Waals surface area contributed by atoms with Crippen molar-refractivity contribution in [2.24, 2.45) is 40.9 Å². The number of methoxy groups -OCH3 is 1. The van der Waals surface area contributed by atoms with Crippen molar-refractivity contribution in [2.45, 2.75) is 63.2 Å². The van der Waals surface area contributed by atoms with E-state index in [-0.39, 0.29) is 16.9 Å². The van der Waals surface area contributed by atoms with Crippen LogP contribution in [0.15, 0.2) is 12.5 Å². The molecule has 7 aliphatic carbocycles.